The Bertz CT molecular complexity index is 1030. The van der Waals surface area contributed by atoms with Crippen LogP contribution in [0.1, 0.15) is 34.3 Å². The van der Waals surface area contributed by atoms with Crippen LogP contribution in [0.3, 0.4) is 0 Å². The molecule has 1 saturated heterocycles. The van der Waals surface area contributed by atoms with Crippen molar-refractivity contribution in [3.05, 3.63) is 59.2 Å². The second-order valence-corrected chi connectivity index (χ2v) is 10.0. The number of aryl methyl sites for hydroxylation is 2. The smallest absolute Gasteiger partial charge is 0.255 e. The number of piperidine rings is 1. The first-order valence-electron chi connectivity index (χ1n) is 10.5. The van der Waals surface area contributed by atoms with E-state index in [1.54, 1.807) is 31.2 Å². The van der Waals surface area contributed by atoms with Crippen LogP contribution in [0.4, 0.5) is 5.69 Å². The van der Waals surface area contributed by atoms with Gasteiger partial charge in [-0.1, -0.05) is 18.2 Å². The lowest BCUT2D eigenvalue weighted by atomic mass is 9.90. The zero-order chi connectivity index (χ0) is 22.6. The highest BCUT2D eigenvalue weighted by atomic mass is 32.2. The molecule has 0 radical (unpaired) electrons. The summed E-state index contributed by atoms with van der Waals surface area (Å²) < 4.78 is 28.6. The van der Waals surface area contributed by atoms with Crippen LogP contribution >= 0.6 is 0 Å². The van der Waals surface area contributed by atoms with Gasteiger partial charge in [-0.05, 0) is 88.1 Å². The molecule has 1 heterocycles. The van der Waals surface area contributed by atoms with Gasteiger partial charge in [-0.3, -0.25) is 4.79 Å². The van der Waals surface area contributed by atoms with E-state index in [9.17, 15) is 18.3 Å². The zero-order valence-corrected chi connectivity index (χ0v) is 19.1. The largest absolute Gasteiger partial charge is 0.395 e. The average molecular weight is 446 g/mol. The maximum Gasteiger partial charge on any atom is 0.255 e. The van der Waals surface area contributed by atoms with E-state index in [2.05, 4.69) is 14.9 Å². The Labute approximate surface area is 184 Å². The molecule has 1 aliphatic heterocycles. The first-order valence-corrected chi connectivity index (χ1v) is 12.0. The molecular formula is C23H31N3O4S. The first kappa shape index (κ1) is 23.4. The molecule has 0 aliphatic carbocycles. The number of nitrogens with zero attached hydrogens (tertiary/aromatic N) is 1. The molecule has 1 unspecified atom stereocenters. The molecule has 7 nitrogen and oxygen atoms in total. The van der Waals surface area contributed by atoms with E-state index in [4.69, 9.17) is 0 Å². The maximum absolute atomic E-state index is 12.9. The molecule has 0 bridgehead atoms. The summed E-state index contributed by atoms with van der Waals surface area (Å²) in [5, 5.41) is 12.6. The quantitative estimate of drug-likeness (QED) is 0.608. The van der Waals surface area contributed by atoms with Gasteiger partial charge in [0.1, 0.15) is 0 Å². The number of aliphatic hydroxyl groups excluding tert-OH is 1. The Hall–Kier alpha value is -2.26. The van der Waals surface area contributed by atoms with Gasteiger partial charge in [-0.25, -0.2) is 13.1 Å². The minimum atomic E-state index is -3.80. The Morgan fingerprint density at radius 1 is 1.13 bits per heavy atom. The van der Waals surface area contributed by atoms with Crippen LogP contribution in [0, 0.1) is 19.8 Å². The van der Waals surface area contributed by atoms with Crippen molar-refractivity contribution in [1.29, 1.82) is 0 Å². The van der Waals surface area contributed by atoms with E-state index in [0.29, 0.717) is 16.8 Å². The Morgan fingerprint density at radius 2 is 1.81 bits per heavy atom. The molecule has 1 atom stereocenters. The van der Waals surface area contributed by atoms with Crippen LogP contribution in [-0.4, -0.2) is 57.1 Å². The van der Waals surface area contributed by atoms with Gasteiger partial charge in [0.05, 0.1) is 11.5 Å². The van der Waals surface area contributed by atoms with Gasteiger partial charge in [0.15, 0.2) is 0 Å². The summed E-state index contributed by atoms with van der Waals surface area (Å²) >= 11 is 0. The molecule has 0 spiro atoms. The van der Waals surface area contributed by atoms with E-state index >= 15 is 0 Å². The number of hydrogen-bond donors (Lipinski definition) is 3. The second kappa shape index (κ2) is 9.91. The van der Waals surface area contributed by atoms with Gasteiger partial charge in [0.2, 0.25) is 10.0 Å². The molecule has 3 rings (SSSR count). The van der Waals surface area contributed by atoms with Gasteiger partial charge in [0, 0.05) is 17.3 Å². The summed E-state index contributed by atoms with van der Waals surface area (Å²) in [6.45, 7) is 5.16. The molecule has 1 amide bonds. The van der Waals surface area contributed by atoms with Crippen molar-refractivity contribution in [3.63, 3.8) is 0 Å². The highest BCUT2D eigenvalue weighted by Gasteiger charge is 2.29. The third-order valence-electron chi connectivity index (χ3n) is 5.98. The predicted octanol–water partition coefficient (Wildman–Crippen LogP) is 2.54. The fourth-order valence-corrected chi connectivity index (χ4v) is 5.32. The lowest BCUT2D eigenvalue weighted by Gasteiger charge is -2.33. The van der Waals surface area contributed by atoms with Crippen molar-refractivity contribution in [2.45, 2.75) is 37.6 Å². The molecule has 3 N–H and O–H groups in total. The molecule has 2 aromatic rings. The van der Waals surface area contributed by atoms with Crippen molar-refractivity contribution in [1.82, 2.24) is 9.62 Å². The molecule has 168 valence electrons. The van der Waals surface area contributed by atoms with Gasteiger partial charge in [0.25, 0.3) is 5.91 Å². The first-order chi connectivity index (χ1) is 14.7. The molecule has 0 saturated carbocycles. The average Bonchev–Trinajstić information content (AvgIpc) is 2.74. The van der Waals surface area contributed by atoms with E-state index in [0.717, 1.165) is 31.5 Å². The maximum atomic E-state index is 12.9. The van der Waals surface area contributed by atoms with Crippen LogP contribution in [-0.2, 0) is 10.0 Å². The summed E-state index contributed by atoms with van der Waals surface area (Å²) in [5.41, 5.74) is 2.64. The molecule has 8 heteroatoms. The third-order valence-corrected chi connectivity index (χ3v) is 7.47. The fourth-order valence-electron chi connectivity index (χ4n) is 3.94. The van der Waals surface area contributed by atoms with E-state index < -0.39 is 16.1 Å². The number of carbonyl (C=O) groups is 1. The summed E-state index contributed by atoms with van der Waals surface area (Å²) in [4.78, 5) is 14.9. The van der Waals surface area contributed by atoms with E-state index in [1.165, 1.54) is 6.07 Å². The SMILES string of the molecule is Cc1cc(S(=O)(=O)NC(CO)C2CCN(C)CC2)ccc1NC(=O)c1ccccc1C. The lowest BCUT2D eigenvalue weighted by Crippen LogP contribution is -2.46. The summed E-state index contributed by atoms with van der Waals surface area (Å²) in [6, 6.07) is 11.4. The fraction of sp³-hybridized carbons (Fsp3) is 0.435. The standard InChI is InChI=1S/C23H31N3O4S/c1-16-6-4-5-7-20(16)23(28)24-21-9-8-19(14-17(21)2)31(29,30)25-22(15-27)18-10-12-26(3)13-11-18/h4-9,14,18,22,25,27H,10-13,15H2,1-3H3,(H,24,28). The number of carbonyl (C=O) groups excluding carboxylic acids is 1. The minimum Gasteiger partial charge on any atom is -0.395 e. The van der Waals surface area contributed by atoms with Crippen LogP contribution in [0.15, 0.2) is 47.4 Å². The second-order valence-electron chi connectivity index (χ2n) is 8.30. The van der Waals surface area contributed by atoms with Crippen LogP contribution < -0.4 is 10.0 Å². The number of rotatable bonds is 7. The number of aliphatic hydroxyl groups is 1. The van der Waals surface area contributed by atoms with Crippen molar-refractivity contribution >= 4 is 21.6 Å². The lowest BCUT2D eigenvalue weighted by molar-refractivity contribution is 0.102. The monoisotopic (exact) mass is 445 g/mol. The summed E-state index contributed by atoms with van der Waals surface area (Å²) in [5.74, 6) is -0.137. The van der Waals surface area contributed by atoms with Gasteiger partial charge in [-0.2, -0.15) is 0 Å². The van der Waals surface area contributed by atoms with E-state index in [-0.39, 0.29) is 23.3 Å². The number of likely N-dealkylation sites (tertiary alicyclic amines) is 1. The summed E-state index contributed by atoms with van der Waals surface area (Å²) in [6.07, 6.45) is 1.68. The number of amides is 1. The van der Waals surface area contributed by atoms with Crippen molar-refractivity contribution in [2.75, 3.05) is 32.1 Å². The number of nitrogens with one attached hydrogen (secondary N) is 2. The Morgan fingerprint density at radius 3 is 2.42 bits per heavy atom. The molecular weight excluding hydrogens is 414 g/mol. The van der Waals surface area contributed by atoms with Gasteiger partial charge >= 0.3 is 0 Å². The Balaban J connectivity index is 1.73. The van der Waals surface area contributed by atoms with Crippen molar-refractivity contribution < 1.29 is 18.3 Å². The van der Waals surface area contributed by atoms with Gasteiger partial charge in [-0.15, -0.1) is 0 Å². The molecule has 1 aliphatic rings. The van der Waals surface area contributed by atoms with Crippen LogP contribution in [0.2, 0.25) is 0 Å². The summed E-state index contributed by atoms with van der Waals surface area (Å²) in [7, 11) is -1.76. The third kappa shape index (κ3) is 5.71. The normalized spacial score (nSPS) is 16.8. The Kier molecular flexibility index (Phi) is 7.48. The zero-order valence-electron chi connectivity index (χ0n) is 18.3. The van der Waals surface area contributed by atoms with Gasteiger partial charge < -0.3 is 15.3 Å². The van der Waals surface area contributed by atoms with Crippen molar-refractivity contribution in [2.24, 2.45) is 5.92 Å². The number of hydrogen-bond acceptors (Lipinski definition) is 5. The number of anilines is 1. The predicted molar refractivity (Wildman–Crippen MR) is 122 cm³/mol. The number of benzene rings is 2. The highest BCUT2D eigenvalue weighted by molar-refractivity contribution is 7.89. The van der Waals surface area contributed by atoms with Crippen molar-refractivity contribution in [3.8, 4) is 0 Å². The highest BCUT2D eigenvalue weighted by Crippen LogP contribution is 2.24. The molecule has 31 heavy (non-hydrogen) atoms. The molecule has 1 fully saturated rings. The molecule has 2 aromatic carbocycles. The van der Waals surface area contributed by atoms with Crippen LogP contribution in [0.25, 0.3) is 0 Å². The number of sulfonamides is 1. The van der Waals surface area contributed by atoms with E-state index in [1.807, 2.05) is 26.1 Å². The van der Waals surface area contributed by atoms with Crippen LogP contribution in [0.5, 0.6) is 0 Å². The molecule has 0 aromatic heterocycles. The topological polar surface area (TPSA) is 98.7 Å². The minimum absolute atomic E-state index is 0.102.